The molecule has 3 rings (SSSR count). The molecule has 2 amide bonds. The molecule has 0 bridgehead atoms. The van der Waals surface area contributed by atoms with E-state index in [0.717, 1.165) is 22.7 Å². The van der Waals surface area contributed by atoms with E-state index in [-0.39, 0.29) is 25.0 Å². The molecular weight excluding hydrogens is 349 g/mol. The zero-order valence-electron chi connectivity index (χ0n) is 13.6. The summed E-state index contributed by atoms with van der Waals surface area (Å²) in [5.74, 6) is -0.501. The van der Waals surface area contributed by atoms with E-state index in [1.807, 2.05) is 6.07 Å². The largest absolute Gasteiger partial charge is 0.446 e. The highest BCUT2D eigenvalue weighted by Crippen LogP contribution is 2.30. The molecule has 1 saturated heterocycles. The number of aromatic nitrogens is 1. The number of imide groups is 1. The van der Waals surface area contributed by atoms with Crippen molar-refractivity contribution in [2.24, 2.45) is 0 Å². The molecular formula is C18H15F3N2O3. The van der Waals surface area contributed by atoms with Crippen molar-refractivity contribution in [1.82, 2.24) is 9.88 Å². The van der Waals surface area contributed by atoms with Crippen molar-refractivity contribution in [3.05, 3.63) is 65.5 Å². The third kappa shape index (κ3) is 3.84. The molecule has 1 aromatic heterocycles. The number of amides is 2. The Morgan fingerprint density at radius 2 is 1.96 bits per heavy atom. The minimum atomic E-state index is -4.50. The maximum atomic E-state index is 12.7. The molecule has 136 valence electrons. The van der Waals surface area contributed by atoms with Crippen LogP contribution in [0.2, 0.25) is 0 Å². The standard InChI is InChI=1S/C18H15F3N2O3/c19-18(20,21)14-8-12(9-22-10-14)6-7-16(24)23-15(11-26-17(23)25)13-4-2-1-3-5-13/h1-5,8-10,15H,6-7,11H2. The van der Waals surface area contributed by atoms with E-state index in [1.54, 1.807) is 24.3 Å². The SMILES string of the molecule is O=C(CCc1cncc(C(F)(F)F)c1)N1C(=O)OCC1c1ccccc1. The number of rotatable bonds is 4. The second kappa shape index (κ2) is 7.15. The Kier molecular flexibility index (Phi) is 4.92. The number of nitrogens with zero attached hydrogens (tertiary/aromatic N) is 2. The number of carbonyl (C=O) groups is 2. The summed E-state index contributed by atoms with van der Waals surface area (Å²) >= 11 is 0. The molecule has 1 unspecified atom stereocenters. The number of ether oxygens (including phenoxy) is 1. The third-order valence-corrected chi connectivity index (χ3v) is 4.08. The lowest BCUT2D eigenvalue weighted by molar-refractivity contribution is -0.137. The number of cyclic esters (lactones) is 1. The number of carbonyl (C=O) groups excluding carboxylic acids is 2. The number of hydrogen-bond acceptors (Lipinski definition) is 4. The van der Waals surface area contributed by atoms with Crippen LogP contribution in [0.4, 0.5) is 18.0 Å². The molecule has 1 fully saturated rings. The number of alkyl halides is 3. The second-order valence-corrected chi connectivity index (χ2v) is 5.85. The lowest BCUT2D eigenvalue weighted by atomic mass is 10.1. The number of aryl methyl sites for hydroxylation is 1. The normalized spacial score (nSPS) is 17.3. The molecule has 0 aliphatic carbocycles. The predicted octanol–water partition coefficient (Wildman–Crippen LogP) is 3.75. The molecule has 0 saturated carbocycles. The molecule has 0 N–H and O–H groups in total. The van der Waals surface area contributed by atoms with Gasteiger partial charge in [-0.1, -0.05) is 30.3 Å². The molecule has 2 aromatic rings. The summed E-state index contributed by atoms with van der Waals surface area (Å²) in [7, 11) is 0. The fourth-order valence-electron chi connectivity index (χ4n) is 2.77. The summed E-state index contributed by atoms with van der Waals surface area (Å²) in [5, 5.41) is 0. The third-order valence-electron chi connectivity index (χ3n) is 4.08. The highest BCUT2D eigenvalue weighted by Gasteiger charge is 2.38. The van der Waals surface area contributed by atoms with Gasteiger partial charge in [0, 0.05) is 18.8 Å². The van der Waals surface area contributed by atoms with Crippen LogP contribution in [-0.2, 0) is 22.1 Å². The summed E-state index contributed by atoms with van der Waals surface area (Å²) in [4.78, 5) is 29.0. The van der Waals surface area contributed by atoms with Crippen molar-refractivity contribution in [3.63, 3.8) is 0 Å². The monoisotopic (exact) mass is 364 g/mol. The molecule has 0 radical (unpaired) electrons. The average Bonchev–Trinajstić information content (AvgIpc) is 3.01. The highest BCUT2D eigenvalue weighted by molar-refractivity contribution is 5.93. The van der Waals surface area contributed by atoms with Gasteiger partial charge < -0.3 is 4.74 Å². The number of pyridine rings is 1. The Morgan fingerprint density at radius 1 is 1.23 bits per heavy atom. The molecule has 26 heavy (non-hydrogen) atoms. The van der Waals surface area contributed by atoms with Gasteiger partial charge in [-0.2, -0.15) is 13.2 Å². The van der Waals surface area contributed by atoms with Crippen LogP contribution < -0.4 is 0 Å². The Labute approximate surface area is 147 Å². The Hall–Kier alpha value is -2.90. The summed E-state index contributed by atoms with van der Waals surface area (Å²) in [6, 6.07) is 9.37. The molecule has 0 spiro atoms. The first-order valence-corrected chi connectivity index (χ1v) is 7.91. The van der Waals surface area contributed by atoms with E-state index < -0.39 is 29.8 Å². The second-order valence-electron chi connectivity index (χ2n) is 5.85. The zero-order valence-corrected chi connectivity index (χ0v) is 13.6. The minimum absolute atomic E-state index is 0.0427. The van der Waals surface area contributed by atoms with Crippen molar-refractivity contribution >= 4 is 12.0 Å². The Morgan fingerprint density at radius 3 is 2.65 bits per heavy atom. The number of benzene rings is 1. The average molecular weight is 364 g/mol. The van der Waals surface area contributed by atoms with Gasteiger partial charge in [0.2, 0.25) is 5.91 Å². The minimum Gasteiger partial charge on any atom is -0.446 e. The van der Waals surface area contributed by atoms with Gasteiger partial charge in [0.1, 0.15) is 12.6 Å². The summed E-state index contributed by atoms with van der Waals surface area (Å²) in [6.07, 6.45) is -3.31. The fourth-order valence-corrected chi connectivity index (χ4v) is 2.77. The number of hydrogen-bond donors (Lipinski definition) is 0. The molecule has 2 heterocycles. The lowest BCUT2D eigenvalue weighted by Gasteiger charge is -2.20. The smallest absolute Gasteiger partial charge is 0.417 e. The van der Waals surface area contributed by atoms with Crippen molar-refractivity contribution < 1.29 is 27.5 Å². The first-order valence-electron chi connectivity index (χ1n) is 7.91. The van der Waals surface area contributed by atoms with Gasteiger partial charge >= 0.3 is 12.3 Å². The van der Waals surface area contributed by atoms with Crippen LogP contribution in [0.25, 0.3) is 0 Å². The zero-order chi connectivity index (χ0) is 18.7. The van der Waals surface area contributed by atoms with Crippen molar-refractivity contribution in [2.75, 3.05) is 6.61 Å². The maximum Gasteiger partial charge on any atom is 0.417 e. The topological polar surface area (TPSA) is 59.5 Å². The summed E-state index contributed by atoms with van der Waals surface area (Å²) < 4.78 is 43.2. The van der Waals surface area contributed by atoms with Crippen molar-refractivity contribution in [1.29, 1.82) is 0 Å². The number of halogens is 3. The van der Waals surface area contributed by atoms with E-state index in [9.17, 15) is 22.8 Å². The predicted molar refractivity (Wildman–Crippen MR) is 84.9 cm³/mol. The fraction of sp³-hybridized carbons (Fsp3) is 0.278. The molecule has 1 aromatic carbocycles. The molecule has 5 nitrogen and oxygen atoms in total. The van der Waals surface area contributed by atoms with Crippen LogP contribution in [0.1, 0.15) is 29.2 Å². The molecule has 1 aliphatic rings. The van der Waals surface area contributed by atoms with Gasteiger partial charge in [-0.3, -0.25) is 9.78 Å². The first-order chi connectivity index (χ1) is 12.4. The van der Waals surface area contributed by atoms with Gasteiger partial charge in [0.15, 0.2) is 0 Å². The Bertz CT molecular complexity index is 809. The van der Waals surface area contributed by atoms with E-state index in [1.165, 1.54) is 6.20 Å². The van der Waals surface area contributed by atoms with Gasteiger partial charge in [-0.15, -0.1) is 0 Å². The van der Waals surface area contributed by atoms with Crippen LogP contribution in [0.5, 0.6) is 0 Å². The van der Waals surface area contributed by atoms with Crippen molar-refractivity contribution in [2.45, 2.75) is 25.1 Å². The maximum absolute atomic E-state index is 12.7. The van der Waals surface area contributed by atoms with Gasteiger partial charge in [-0.05, 0) is 23.6 Å². The summed E-state index contributed by atoms with van der Waals surface area (Å²) in [6.45, 7) is 0.0553. The van der Waals surface area contributed by atoms with Crippen LogP contribution in [-0.4, -0.2) is 28.5 Å². The van der Waals surface area contributed by atoms with Crippen LogP contribution >= 0.6 is 0 Å². The van der Waals surface area contributed by atoms with E-state index in [0.29, 0.717) is 0 Å². The molecule has 1 atom stereocenters. The van der Waals surface area contributed by atoms with E-state index in [2.05, 4.69) is 4.98 Å². The molecule has 1 aliphatic heterocycles. The van der Waals surface area contributed by atoms with Crippen LogP contribution in [0, 0.1) is 0 Å². The van der Waals surface area contributed by atoms with Crippen LogP contribution in [0.3, 0.4) is 0 Å². The quantitative estimate of drug-likeness (QED) is 0.829. The Balaban J connectivity index is 1.70. The van der Waals surface area contributed by atoms with Crippen LogP contribution in [0.15, 0.2) is 48.8 Å². The first kappa shape index (κ1) is 17.9. The molecule has 8 heteroatoms. The summed E-state index contributed by atoms with van der Waals surface area (Å²) in [5.41, 5.74) is 0.162. The highest BCUT2D eigenvalue weighted by atomic mass is 19.4. The lowest BCUT2D eigenvalue weighted by Crippen LogP contribution is -2.34. The van der Waals surface area contributed by atoms with Gasteiger partial charge in [0.05, 0.1) is 5.56 Å². The van der Waals surface area contributed by atoms with Gasteiger partial charge in [0.25, 0.3) is 0 Å². The van der Waals surface area contributed by atoms with E-state index >= 15 is 0 Å². The van der Waals surface area contributed by atoms with Gasteiger partial charge in [-0.25, -0.2) is 9.69 Å². The van der Waals surface area contributed by atoms with Crippen molar-refractivity contribution in [3.8, 4) is 0 Å². The van der Waals surface area contributed by atoms with E-state index in [4.69, 9.17) is 4.74 Å².